The van der Waals surface area contributed by atoms with Crippen molar-refractivity contribution < 1.29 is 17.9 Å². The van der Waals surface area contributed by atoms with E-state index in [4.69, 9.17) is 16.3 Å². The number of nitrogens with zero attached hydrogens (tertiary/aromatic N) is 1. The van der Waals surface area contributed by atoms with Crippen LogP contribution in [0.15, 0.2) is 87.5 Å². The molecular formula is C25H21ClN2O5S. The number of carbonyl (C=O) groups is 1. The maximum atomic E-state index is 13.3. The molecule has 1 N–H and O–H groups in total. The van der Waals surface area contributed by atoms with Crippen LogP contribution in [0.25, 0.3) is 10.9 Å². The van der Waals surface area contributed by atoms with Crippen LogP contribution < -0.4 is 15.5 Å². The number of benzene rings is 3. The van der Waals surface area contributed by atoms with E-state index < -0.39 is 26.1 Å². The van der Waals surface area contributed by atoms with Crippen LogP contribution in [-0.4, -0.2) is 26.0 Å². The van der Waals surface area contributed by atoms with Gasteiger partial charge < -0.3 is 14.6 Å². The van der Waals surface area contributed by atoms with E-state index >= 15 is 0 Å². The Balaban J connectivity index is 1.80. The average molecular weight is 497 g/mol. The van der Waals surface area contributed by atoms with Crippen LogP contribution in [0.1, 0.15) is 5.56 Å². The molecule has 174 valence electrons. The molecule has 0 fully saturated rings. The Hall–Kier alpha value is -3.62. The molecule has 0 unspecified atom stereocenters. The van der Waals surface area contributed by atoms with Crippen molar-refractivity contribution in [1.29, 1.82) is 0 Å². The molecule has 1 amide bonds. The van der Waals surface area contributed by atoms with Crippen molar-refractivity contribution >= 4 is 43.9 Å². The van der Waals surface area contributed by atoms with E-state index in [1.54, 1.807) is 48.5 Å². The van der Waals surface area contributed by atoms with Crippen molar-refractivity contribution in [3.63, 3.8) is 0 Å². The Morgan fingerprint density at radius 2 is 1.79 bits per heavy atom. The van der Waals surface area contributed by atoms with E-state index in [1.807, 2.05) is 6.92 Å². The molecule has 1 heterocycles. The van der Waals surface area contributed by atoms with Gasteiger partial charge in [0.15, 0.2) is 0 Å². The van der Waals surface area contributed by atoms with Gasteiger partial charge in [0.25, 0.3) is 0 Å². The van der Waals surface area contributed by atoms with Crippen LogP contribution in [0.3, 0.4) is 0 Å². The molecule has 34 heavy (non-hydrogen) atoms. The number of carbonyl (C=O) groups excluding carboxylic acids is 1. The average Bonchev–Trinajstić information content (AvgIpc) is 2.81. The molecule has 0 aliphatic heterocycles. The molecule has 7 nitrogen and oxygen atoms in total. The Morgan fingerprint density at radius 3 is 2.50 bits per heavy atom. The fourth-order valence-corrected chi connectivity index (χ4v) is 5.11. The lowest BCUT2D eigenvalue weighted by molar-refractivity contribution is -0.116. The van der Waals surface area contributed by atoms with Crippen molar-refractivity contribution in [3.8, 4) is 5.75 Å². The lowest BCUT2D eigenvalue weighted by Gasteiger charge is -2.14. The van der Waals surface area contributed by atoms with Crippen LogP contribution in [-0.2, 0) is 21.2 Å². The quantitative estimate of drug-likeness (QED) is 0.426. The monoisotopic (exact) mass is 496 g/mol. The van der Waals surface area contributed by atoms with Gasteiger partial charge in [-0.1, -0.05) is 35.4 Å². The Bertz CT molecular complexity index is 1560. The molecule has 3 aromatic carbocycles. The van der Waals surface area contributed by atoms with Gasteiger partial charge in [-0.25, -0.2) is 8.42 Å². The number of hydrogen-bond donors (Lipinski definition) is 1. The third-order valence-corrected chi connectivity index (χ3v) is 7.30. The van der Waals surface area contributed by atoms with Gasteiger partial charge in [-0.05, 0) is 49.4 Å². The fourth-order valence-electron chi connectivity index (χ4n) is 3.57. The zero-order valence-corrected chi connectivity index (χ0v) is 20.0. The Labute approximate surface area is 201 Å². The van der Waals surface area contributed by atoms with Crippen LogP contribution >= 0.6 is 11.6 Å². The number of methoxy groups -OCH3 is 1. The van der Waals surface area contributed by atoms with Crippen LogP contribution in [0, 0.1) is 6.92 Å². The normalized spacial score (nSPS) is 11.4. The molecule has 0 aliphatic rings. The smallest absolute Gasteiger partial charge is 0.244 e. The van der Waals surface area contributed by atoms with Crippen molar-refractivity contribution in [2.45, 2.75) is 23.3 Å². The summed E-state index contributed by atoms with van der Waals surface area (Å²) in [4.78, 5) is 25.6. The topological polar surface area (TPSA) is 94.5 Å². The van der Waals surface area contributed by atoms with Gasteiger partial charge in [0.05, 0.1) is 17.5 Å². The molecule has 0 bridgehead atoms. The number of anilines is 1. The lowest BCUT2D eigenvalue weighted by atomic mass is 10.2. The van der Waals surface area contributed by atoms with Crippen LogP contribution in [0.4, 0.5) is 5.69 Å². The number of hydrogen-bond acceptors (Lipinski definition) is 5. The predicted octanol–water partition coefficient (Wildman–Crippen LogP) is 4.44. The second-order valence-electron chi connectivity index (χ2n) is 7.71. The number of aryl methyl sites for hydroxylation is 1. The van der Waals surface area contributed by atoms with E-state index in [0.717, 1.165) is 5.56 Å². The van der Waals surface area contributed by atoms with E-state index in [9.17, 15) is 18.0 Å². The number of sulfone groups is 1. The van der Waals surface area contributed by atoms with Crippen molar-refractivity contribution in [2.24, 2.45) is 0 Å². The first-order valence-electron chi connectivity index (χ1n) is 10.3. The number of aromatic nitrogens is 1. The van der Waals surface area contributed by atoms with E-state index in [2.05, 4.69) is 5.32 Å². The molecule has 4 aromatic rings. The van der Waals surface area contributed by atoms with Crippen molar-refractivity contribution in [1.82, 2.24) is 4.57 Å². The molecule has 0 spiro atoms. The van der Waals surface area contributed by atoms with Gasteiger partial charge in [0.1, 0.15) is 17.2 Å². The second kappa shape index (κ2) is 9.32. The number of nitrogens with one attached hydrogen (secondary N) is 1. The third-order valence-electron chi connectivity index (χ3n) is 5.30. The molecule has 0 atom stereocenters. The summed E-state index contributed by atoms with van der Waals surface area (Å²) in [6.45, 7) is 1.61. The highest BCUT2D eigenvalue weighted by Crippen LogP contribution is 2.24. The maximum Gasteiger partial charge on any atom is 0.244 e. The zero-order chi connectivity index (χ0) is 24.5. The summed E-state index contributed by atoms with van der Waals surface area (Å²) in [5.74, 6) is 0.166. The second-order valence-corrected chi connectivity index (χ2v) is 10.1. The molecule has 0 saturated heterocycles. The summed E-state index contributed by atoms with van der Waals surface area (Å²) in [6, 6.07) is 17.6. The van der Waals surface area contributed by atoms with Gasteiger partial charge in [0, 0.05) is 28.4 Å². The highest BCUT2D eigenvalue weighted by Gasteiger charge is 2.24. The molecule has 9 heteroatoms. The first kappa shape index (κ1) is 23.5. The lowest BCUT2D eigenvalue weighted by Crippen LogP contribution is -2.24. The first-order chi connectivity index (χ1) is 16.2. The van der Waals surface area contributed by atoms with Gasteiger partial charge in [-0.3, -0.25) is 9.59 Å². The molecule has 4 rings (SSSR count). The van der Waals surface area contributed by atoms with Crippen LogP contribution in [0.5, 0.6) is 5.75 Å². The standard InChI is InChI=1S/C25H21ClN2O5S/c1-16-6-9-20(10-7-16)34(31,32)23-14-28(22-11-8-17(26)12-21(22)25(23)30)15-24(29)27-18-4-3-5-19(13-18)33-2/h3-14H,15H2,1-2H3,(H,27,29). The maximum absolute atomic E-state index is 13.3. The van der Waals surface area contributed by atoms with Gasteiger partial charge in [0.2, 0.25) is 21.2 Å². The number of pyridine rings is 1. The number of fused-ring (bicyclic) bond motifs is 1. The minimum Gasteiger partial charge on any atom is -0.497 e. The molecular weight excluding hydrogens is 476 g/mol. The van der Waals surface area contributed by atoms with E-state index in [-0.39, 0.29) is 21.8 Å². The summed E-state index contributed by atoms with van der Waals surface area (Å²) in [6.07, 6.45) is 1.21. The minimum absolute atomic E-state index is 0.0102. The number of halogens is 1. The third kappa shape index (κ3) is 4.69. The molecule has 1 aromatic heterocycles. The Morgan fingerprint density at radius 1 is 1.06 bits per heavy atom. The van der Waals surface area contributed by atoms with E-state index in [1.165, 1.54) is 36.1 Å². The Kier molecular flexibility index (Phi) is 6.45. The SMILES string of the molecule is COc1cccc(NC(=O)Cn2cc(S(=O)(=O)c3ccc(C)cc3)c(=O)c3cc(Cl)ccc32)c1. The highest BCUT2D eigenvalue weighted by atomic mass is 35.5. The molecule has 0 saturated carbocycles. The minimum atomic E-state index is -4.14. The summed E-state index contributed by atoms with van der Waals surface area (Å²) < 4.78 is 33.3. The fraction of sp³-hybridized carbons (Fsp3) is 0.120. The summed E-state index contributed by atoms with van der Waals surface area (Å²) >= 11 is 6.10. The van der Waals surface area contributed by atoms with Crippen LogP contribution in [0.2, 0.25) is 5.02 Å². The first-order valence-corrected chi connectivity index (χ1v) is 12.1. The number of ether oxygens (including phenoxy) is 1. The van der Waals surface area contributed by atoms with Gasteiger partial charge in [-0.15, -0.1) is 0 Å². The summed E-state index contributed by atoms with van der Waals surface area (Å²) in [5.41, 5.74) is 1.11. The molecule has 0 aliphatic carbocycles. The summed E-state index contributed by atoms with van der Waals surface area (Å²) in [7, 11) is -2.62. The predicted molar refractivity (Wildman–Crippen MR) is 131 cm³/mol. The zero-order valence-electron chi connectivity index (χ0n) is 18.4. The number of amides is 1. The van der Waals surface area contributed by atoms with Gasteiger partial charge in [-0.2, -0.15) is 0 Å². The van der Waals surface area contributed by atoms with Crippen molar-refractivity contribution in [2.75, 3.05) is 12.4 Å². The summed E-state index contributed by atoms with van der Waals surface area (Å²) in [5, 5.41) is 3.14. The number of rotatable bonds is 6. The van der Waals surface area contributed by atoms with Gasteiger partial charge >= 0.3 is 0 Å². The van der Waals surface area contributed by atoms with Crippen molar-refractivity contribution in [3.05, 3.63) is 93.7 Å². The molecule has 0 radical (unpaired) electrons. The largest absolute Gasteiger partial charge is 0.497 e. The highest BCUT2D eigenvalue weighted by molar-refractivity contribution is 7.91. The van der Waals surface area contributed by atoms with E-state index in [0.29, 0.717) is 17.0 Å².